The number of furan rings is 1. The molecule has 5 nitrogen and oxygen atoms in total. The molecule has 7 aromatic carbocycles. The molecule has 0 unspecified atom stereocenters. The smallest absolute Gasteiger partial charge is 0.164 e. The zero-order valence-electron chi connectivity index (χ0n) is 40.0. The number of benzene rings is 7. The Kier molecular flexibility index (Phi) is 4.47. The van der Waals surface area contributed by atoms with Crippen molar-refractivity contribution in [1.29, 1.82) is 0 Å². The fourth-order valence-electron chi connectivity index (χ4n) is 6.59. The Hall–Kier alpha value is -7.11. The van der Waals surface area contributed by atoms with Crippen LogP contribution >= 0.6 is 0 Å². The first-order valence-corrected chi connectivity index (χ1v) is 16.3. The molecule has 0 N–H and O–H groups in total. The summed E-state index contributed by atoms with van der Waals surface area (Å²) >= 11 is 0. The molecule has 0 amide bonds. The van der Waals surface area contributed by atoms with Crippen molar-refractivity contribution < 1.29 is 22.2 Å². The Bertz CT molecular complexity index is 3570. The highest BCUT2D eigenvalue weighted by Gasteiger charge is 2.19. The fraction of sp³-hybridized carbons (Fsp3) is 0. The van der Waals surface area contributed by atoms with Crippen LogP contribution in [0.5, 0.6) is 0 Å². The monoisotopic (exact) mass is 679 g/mol. The van der Waals surface area contributed by atoms with Gasteiger partial charge in [-0.05, 0) is 51.8 Å². The van der Waals surface area contributed by atoms with Crippen molar-refractivity contribution in [2.75, 3.05) is 0 Å². The van der Waals surface area contributed by atoms with E-state index in [1.807, 2.05) is 66.7 Å². The Balaban J connectivity index is 1.27. The van der Waals surface area contributed by atoms with Crippen LogP contribution in [0, 0.1) is 0 Å². The summed E-state index contributed by atoms with van der Waals surface area (Å²) in [5.74, 6) is 1.22. The van der Waals surface area contributed by atoms with Crippen molar-refractivity contribution in [3.63, 3.8) is 0 Å². The van der Waals surface area contributed by atoms with Gasteiger partial charge in [0, 0.05) is 44.1 Å². The molecule has 10 rings (SSSR count). The minimum absolute atomic E-state index is 0.0316. The van der Waals surface area contributed by atoms with Crippen LogP contribution in [0.25, 0.3) is 100 Å². The summed E-state index contributed by atoms with van der Waals surface area (Å²) < 4.78 is 123. The third kappa shape index (κ3) is 4.83. The number of hydrogen-bond acceptors (Lipinski definition) is 4. The van der Waals surface area contributed by atoms with Crippen molar-refractivity contribution in [3.05, 3.63) is 176 Å². The van der Waals surface area contributed by atoms with Crippen molar-refractivity contribution in [3.8, 4) is 34.2 Å². The zero-order chi connectivity index (χ0) is 45.7. The molecule has 0 aliphatic heterocycles. The van der Waals surface area contributed by atoms with E-state index in [1.165, 1.54) is 16.9 Å². The van der Waals surface area contributed by atoms with Crippen LogP contribution in [0.4, 0.5) is 0 Å². The highest BCUT2D eigenvalue weighted by molar-refractivity contribution is 6.29. The molecule has 0 spiro atoms. The summed E-state index contributed by atoms with van der Waals surface area (Å²) in [6.45, 7) is 0.921. The molecule has 0 atom stereocenters. The number of nitrogens with zero attached hydrogens (tertiary/aromatic N) is 4. The molecule has 0 radical (unpaired) electrons. The Morgan fingerprint density at radius 1 is 0.615 bits per heavy atom. The Labute approximate surface area is 317 Å². The lowest BCUT2D eigenvalue weighted by Crippen LogP contribution is -2.00. The van der Waals surface area contributed by atoms with E-state index in [9.17, 15) is 2.74 Å². The number of aromatic nitrogens is 4. The maximum atomic E-state index is 9.40. The Morgan fingerprint density at radius 2 is 1.19 bits per heavy atom. The lowest BCUT2D eigenvalue weighted by Gasteiger charge is -2.10. The number of rotatable bonds is 6. The van der Waals surface area contributed by atoms with E-state index in [-0.39, 0.29) is 49.0 Å². The molecule has 52 heavy (non-hydrogen) atoms. The number of hydrogen-bond donors (Lipinski definition) is 0. The lowest BCUT2D eigenvalue weighted by molar-refractivity contribution is 0.615. The van der Waals surface area contributed by atoms with Crippen LogP contribution in [0.2, 0.25) is 0 Å². The Morgan fingerprint density at radius 3 is 1.79 bits per heavy atom. The number of fused-ring (bicyclic) bond motifs is 8. The van der Waals surface area contributed by atoms with Gasteiger partial charge in [-0.1, -0.05) is 140 Å². The van der Waals surface area contributed by atoms with Crippen molar-refractivity contribution in [1.82, 2.24) is 19.5 Å². The molecule has 3 heterocycles. The second-order valence-corrected chi connectivity index (χ2v) is 11.9. The van der Waals surface area contributed by atoms with E-state index in [0.717, 1.165) is 17.7 Å². The molecule has 10 aromatic rings. The van der Waals surface area contributed by atoms with Gasteiger partial charge in [0.2, 0.25) is 0 Å². The maximum Gasteiger partial charge on any atom is 0.164 e. The quantitative estimate of drug-likeness (QED) is 0.164. The third-order valence-corrected chi connectivity index (χ3v) is 8.92. The average molecular weight is 680 g/mol. The van der Waals surface area contributed by atoms with Crippen LogP contribution in [-0.4, -0.2) is 19.5 Å². The zero-order valence-corrected chi connectivity index (χ0v) is 27.0. The minimum atomic E-state index is -0.653. The van der Waals surface area contributed by atoms with E-state index < -0.39 is 72.5 Å². The summed E-state index contributed by atoms with van der Waals surface area (Å²) in [5, 5.41) is -0.673. The van der Waals surface area contributed by atoms with Crippen molar-refractivity contribution >= 4 is 66.1 Å². The summed E-state index contributed by atoms with van der Waals surface area (Å²) in [5.41, 5.74) is 2.70. The van der Waals surface area contributed by atoms with Crippen molar-refractivity contribution in [2.45, 2.75) is 0 Å². The summed E-state index contributed by atoms with van der Waals surface area (Å²) in [7, 11) is 0. The summed E-state index contributed by atoms with van der Waals surface area (Å²) in [6, 6.07) is 17.2. The molecular weight excluding hydrogens is 637 g/mol. The van der Waals surface area contributed by atoms with Gasteiger partial charge in [-0.15, -0.1) is 0 Å². The van der Waals surface area contributed by atoms with Crippen LogP contribution in [0.3, 0.4) is 0 Å². The van der Waals surface area contributed by atoms with Crippen LogP contribution in [0.1, 0.15) is 23.4 Å². The predicted molar refractivity (Wildman–Crippen MR) is 215 cm³/mol. The van der Waals surface area contributed by atoms with Crippen molar-refractivity contribution in [2.24, 2.45) is 0 Å². The molecule has 0 saturated carbocycles. The minimum Gasteiger partial charge on any atom is -0.464 e. The molecule has 244 valence electrons. The standard InChI is InChI=1S/C47H30N4O/c1-30(51-39-27-25-31-13-8-10-19-36(31)43(39)44-37-20-11-9-14-32(37)26-28-40(44)51)23-24-35-29-52-41-22-12-21-38(42(35)41)47-49-45(33-15-4-2-5-16-33)48-46(50-47)34-17-6-3-7-18-34/h2-29H,1H2/b24-23-/i1D,8D,9D,10D,11D,13D,14D,19D,20D,25D,26D,27D,28D/b24-23-,30-1?. The first kappa shape index (κ1) is 19.3. The van der Waals surface area contributed by atoms with E-state index in [0.29, 0.717) is 39.6 Å². The first-order chi connectivity index (χ1) is 31.2. The van der Waals surface area contributed by atoms with Crippen LogP contribution in [-0.2, 0) is 0 Å². The molecular formula is C47H30N4O. The molecule has 0 bridgehead atoms. The molecule has 5 heteroatoms. The fourth-order valence-corrected chi connectivity index (χ4v) is 6.59. The van der Waals surface area contributed by atoms with Gasteiger partial charge in [0.1, 0.15) is 5.58 Å². The lowest BCUT2D eigenvalue weighted by atomic mass is 10.00. The van der Waals surface area contributed by atoms with Gasteiger partial charge in [-0.3, -0.25) is 0 Å². The molecule has 0 aliphatic rings. The van der Waals surface area contributed by atoms with Gasteiger partial charge in [0.15, 0.2) is 17.5 Å². The maximum absolute atomic E-state index is 9.40. The summed E-state index contributed by atoms with van der Waals surface area (Å²) in [6.07, 6.45) is 4.62. The first-order valence-electron chi connectivity index (χ1n) is 22.8. The highest BCUT2D eigenvalue weighted by Crippen LogP contribution is 2.41. The average Bonchev–Trinajstić information content (AvgIpc) is 3.91. The van der Waals surface area contributed by atoms with Gasteiger partial charge in [-0.2, -0.15) is 0 Å². The van der Waals surface area contributed by atoms with E-state index in [2.05, 4.69) is 0 Å². The molecule has 0 saturated heterocycles. The SMILES string of the molecule is [2H]C=C(/C=C\c1coc2cccc(-c3nc(-c4ccccc4)nc(-c4ccccc4)n3)c12)n1c2c([2H])c([2H])c3c([2H])c([2H])c([2H])c([2H])c3c2c2c3c([2H])c([2H])c([2H])c([2H])c3c([2H])c([2H])c21. The normalized spacial score (nSPS) is 15.8. The largest absolute Gasteiger partial charge is 0.464 e. The van der Waals surface area contributed by atoms with Gasteiger partial charge in [0.25, 0.3) is 0 Å². The molecule has 3 aromatic heterocycles. The van der Waals surface area contributed by atoms with Gasteiger partial charge < -0.3 is 8.98 Å². The van der Waals surface area contributed by atoms with Crippen LogP contribution < -0.4 is 0 Å². The topological polar surface area (TPSA) is 56.7 Å². The predicted octanol–water partition coefficient (Wildman–Crippen LogP) is 12.2. The van der Waals surface area contributed by atoms with E-state index in [1.54, 1.807) is 18.2 Å². The summed E-state index contributed by atoms with van der Waals surface area (Å²) in [4.78, 5) is 14.6. The third-order valence-electron chi connectivity index (χ3n) is 8.92. The van der Waals surface area contributed by atoms with E-state index >= 15 is 0 Å². The van der Waals surface area contributed by atoms with Gasteiger partial charge in [-0.25, -0.2) is 15.0 Å². The number of allylic oxidation sites excluding steroid dienone is 2. The second-order valence-electron chi connectivity index (χ2n) is 11.9. The van der Waals surface area contributed by atoms with Gasteiger partial charge >= 0.3 is 0 Å². The van der Waals surface area contributed by atoms with Gasteiger partial charge in [0.05, 0.1) is 35.1 Å². The highest BCUT2D eigenvalue weighted by atomic mass is 16.3. The molecule has 0 fully saturated rings. The van der Waals surface area contributed by atoms with Crippen LogP contribution in [0.15, 0.2) is 175 Å². The second kappa shape index (κ2) is 12.0. The van der Waals surface area contributed by atoms with E-state index in [4.69, 9.17) is 34.4 Å². The molecule has 0 aliphatic carbocycles.